The van der Waals surface area contributed by atoms with Crippen molar-refractivity contribution >= 4 is 28.2 Å². The summed E-state index contributed by atoms with van der Waals surface area (Å²) in [4.78, 5) is 24.1. The molecule has 0 aromatic heterocycles. The third-order valence-corrected chi connectivity index (χ3v) is 4.22. The number of amides is 2. The Morgan fingerprint density at radius 3 is 2.21 bits per heavy atom. The lowest BCUT2D eigenvalue weighted by molar-refractivity contribution is -0.126. The highest BCUT2D eigenvalue weighted by molar-refractivity contribution is 5.97. The second-order valence-electron chi connectivity index (χ2n) is 6.27. The Bertz CT molecular complexity index is 1060. The van der Waals surface area contributed by atoms with Crippen molar-refractivity contribution < 1.29 is 22.8 Å². The molecule has 3 rings (SSSR count). The van der Waals surface area contributed by atoms with Crippen LogP contribution < -0.4 is 10.9 Å². The molecule has 3 aromatic rings. The van der Waals surface area contributed by atoms with E-state index in [0.29, 0.717) is 6.08 Å². The Balaban J connectivity index is 1.67. The number of hydrogen-bond donors (Lipinski definition) is 2. The van der Waals surface area contributed by atoms with Crippen molar-refractivity contribution in [3.05, 3.63) is 90.0 Å². The number of alkyl halides is 3. The fraction of sp³-hybridized carbons (Fsp3) is 0.0909. The van der Waals surface area contributed by atoms with E-state index in [0.717, 1.165) is 16.3 Å². The molecule has 29 heavy (non-hydrogen) atoms. The molecule has 0 heterocycles. The van der Waals surface area contributed by atoms with E-state index in [9.17, 15) is 22.8 Å². The van der Waals surface area contributed by atoms with E-state index in [1.807, 2.05) is 41.8 Å². The summed E-state index contributed by atoms with van der Waals surface area (Å²) < 4.78 is 39.8. The van der Waals surface area contributed by atoms with Gasteiger partial charge in [-0.1, -0.05) is 72.8 Å². The number of hydrazine groups is 1. The lowest BCUT2D eigenvalue weighted by Crippen LogP contribution is -2.41. The number of hydrogen-bond acceptors (Lipinski definition) is 2. The minimum absolute atomic E-state index is 0.0316. The SMILES string of the molecule is O=C(/C=C(/c1ccccc1)C(F)(F)F)NNC(=O)Cc1cccc2ccccc12. The number of rotatable bonds is 4. The molecule has 2 N–H and O–H groups in total. The van der Waals surface area contributed by atoms with Crippen molar-refractivity contribution in [1.82, 2.24) is 10.9 Å². The number of fused-ring (bicyclic) bond motifs is 1. The van der Waals surface area contributed by atoms with E-state index >= 15 is 0 Å². The average Bonchev–Trinajstić information content (AvgIpc) is 2.70. The lowest BCUT2D eigenvalue weighted by atomic mass is 10.0. The molecule has 4 nitrogen and oxygen atoms in total. The van der Waals surface area contributed by atoms with Crippen molar-refractivity contribution in [2.24, 2.45) is 0 Å². The minimum atomic E-state index is -4.72. The average molecular weight is 398 g/mol. The molecule has 0 aliphatic heterocycles. The van der Waals surface area contributed by atoms with Gasteiger partial charge in [0.05, 0.1) is 12.0 Å². The van der Waals surface area contributed by atoms with Gasteiger partial charge in [-0.15, -0.1) is 0 Å². The predicted molar refractivity (Wildman–Crippen MR) is 104 cm³/mol. The highest BCUT2D eigenvalue weighted by Crippen LogP contribution is 2.33. The number of allylic oxidation sites excluding steroid dienone is 1. The van der Waals surface area contributed by atoms with Gasteiger partial charge in [0.25, 0.3) is 5.91 Å². The normalized spacial score (nSPS) is 11.9. The maximum Gasteiger partial charge on any atom is 0.417 e. The van der Waals surface area contributed by atoms with E-state index in [2.05, 4.69) is 5.43 Å². The van der Waals surface area contributed by atoms with Crippen LogP contribution >= 0.6 is 0 Å². The second-order valence-corrected chi connectivity index (χ2v) is 6.27. The zero-order valence-electron chi connectivity index (χ0n) is 15.2. The predicted octanol–water partition coefficient (Wildman–Crippen LogP) is 4.18. The van der Waals surface area contributed by atoms with Crippen molar-refractivity contribution in [3.63, 3.8) is 0 Å². The van der Waals surface area contributed by atoms with Gasteiger partial charge in [-0.25, -0.2) is 0 Å². The van der Waals surface area contributed by atoms with Gasteiger partial charge in [-0.3, -0.25) is 20.4 Å². The first-order valence-corrected chi connectivity index (χ1v) is 8.74. The summed E-state index contributed by atoms with van der Waals surface area (Å²) in [6.45, 7) is 0. The Morgan fingerprint density at radius 2 is 1.48 bits per heavy atom. The first-order valence-electron chi connectivity index (χ1n) is 8.74. The van der Waals surface area contributed by atoms with Crippen LogP contribution in [0.1, 0.15) is 11.1 Å². The standard InChI is InChI=1S/C22H17F3N2O2/c23-22(24,25)19(16-8-2-1-3-9-16)14-21(29)27-26-20(28)13-17-11-6-10-15-7-4-5-12-18(15)17/h1-12,14H,13H2,(H,26,28)(H,27,29)/b19-14-. The van der Waals surface area contributed by atoms with Gasteiger partial charge in [-0.2, -0.15) is 13.2 Å². The van der Waals surface area contributed by atoms with E-state index in [4.69, 9.17) is 0 Å². The number of benzene rings is 3. The van der Waals surface area contributed by atoms with E-state index < -0.39 is 23.6 Å². The van der Waals surface area contributed by atoms with E-state index in [-0.39, 0.29) is 12.0 Å². The monoisotopic (exact) mass is 398 g/mol. The molecule has 0 atom stereocenters. The molecule has 0 saturated heterocycles. The van der Waals surface area contributed by atoms with Crippen molar-refractivity contribution in [3.8, 4) is 0 Å². The molecule has 0 spiro atoms. The minimum Gasteiger partial charge on any atom is -0.273 e. The molecule has 2 amide bonds. The number of carbonyl (C=O) groups excluding carboxylic acids is 2. The molecule has 7 heteroatoms. The van der Waals surface area contributed by atoms with Gasteiger partial charge in [0.2, 0.25) is 5.91 Å². The van der Waals surface area contributed by atoms with Crippen LogP contribution in [0.3, 0.4) is 0 Å². The van der Waals surface area contributed by atoms with Gasteiger partial charge >= 0.3 is 6.18 Å². The largest absolute Gasteiger partial charge is 0.417 e. The highest BCUT2D eigenvalue weighted by Gasteiger charge is 2.35. The van der Waals surface area contributed by atoms with Crippen LogP contribution in [0.15, 0.2) is 78.9 Å². The molecule has 0 radical (unpaired) electrons. The number of halogens is 3. The van der Waals surface area contributed by atoms with Gasteiger partial charge in [0.1, 0.15) is 0 Å². The number of nitrogens with one attached hydrogen (secondary N) is 2. The molecule has 148 valence electrons. The fourth-order valence-electron chi connectivity index (χ4n) is 2.91. The van der Waals surface area contributed by atoms with Crippen LogP contribution in [0.25, 0.3) is 16.3 Å². The summed E-state index contributed by atoms with van der Waals surface area (Å²) >= 11 is 0. The van der Waals surface area contributed by atoms with Crippen LogP contribution in [0, 0.1) is 0 Å². The Labute approximate surface area is 165 Å². The molecule has 0 unspecified atom stereocenters. The summed E-state index contributed by atoms with van der Waals surface area (Å²) in [7, 11) is 0. The molecule has 0 bridgehead atoms. The maximum atomic E-state index is 13.3. The van der Waals surface area contributed by atoms with Crippen LogP contribution in [0.5, 0.6) is 0 Å². The van der Waals surface area contributed by atoms with Crippen molar-refractivity contribution in [2.45, 2.75) is 12.6 Å². The lowest BCUT2D eigenvalue weighted by Gasteiger charge is -2.12. The summed E-state index contributed by atoms with van der Waals surface area (Å²) in [5.74, 6) is -1.62. The topological polar surface area (TPSA) is 58.2 Å². The van der Waals surface area contributed by atoms with E-state index in [1.54, 1.807) is 12.1 Å². The van der Waals surface area contributed by atoms with Crippen LogP contribution in [0.4, 0.5) is 13.2 Å². The highest BCUT2D eigenvalue weighted by atomic mass is 19.4. The van der Waals surface area contributed by atoms with Crippen LogP contribution in [-0.2, 0) is 16.0 Å². The maximum absolute atomic E-state index is 13.3. The zero-order valence-corrected chi connectivity index (χ0v) is 15.2. The molecule has 0 fully saturated rings. The summed E-state index contributed by atoms with van der Waals surface area (Å²) in [5.41, 5.74) is 3.66. The Morgan fingerprint density at radius 1 is 0.828 bits per heavy atom. The third-order valence-electron chi connectivity index (χ3n) is 4.22. The molecule has 0 saturated carbocycles. The smallest absolute Gasteiger partial charge is 0.273 e. The number of carbonyl (C=O) groups is 2. The molecular weight excluding hydrogens is 381 g/mol. The summed E-state index contributed by atoms with van der Waals surface area (Å²) in [5, 5.41) is 1.85. The van der Waals surface area contributed by atoms with Crippen molar-refractivity contribution in [2.75, 3.05) is 0 Å². The summed E-state index contributed by atoms with van der Waals surface area (Å²) in [6.07, 6.45) is -4.32. The van der Waals surface area contributed by atoms with Gasteiger partial charge in [0.15, 0.2) is 0 Å². The first kappa shape index (κ1) is 20.1. The Kier molecular flexibility index (Phi) is 5.97. The fourth-order valence-corrected chi connectivity index (χ4v) is 2.91. The first-order chi connectivity index (χ1) is 13.8. The molecular formula is C22H17F3N2O2. The Hall–Kier alpha value is -3.61. The third kappa shape index (κ3) is 5.22. The molecule has 0 aliphatic rings. The zero-order chi connectivity index (χ0) is 20.9. The summed E-state index contributed by atoms with van der Waals surface area (Å²) in [6, 6.07) is 20.0. The van der Waals surface area contributed by atoms with Crippen molar-refractivity contribution in [1.29, 1.82) is 0 Å². The second kappa shape index (κ2) is 8.60. The van der Waals surface area contributed by atoms with Crippen LogP contribution in [0.2, 0.25) is 0 Å². The van der Waals surface area contributed by atoms with Gasteiger partial charge < -0.3 is 0 Å². The quantitative estimate of drug-likeness (QED) is 0.512. The van der Waals surface area contributed by atoms with Gasteiger partial charge in [0, 0.05) is 6.08 Å². The van der Waals surface area contributed by atoms with Crippen LogP contribution in [-0.4, -0.2) is 18.0 Å². The molecule has 0 aliphatic carbocycles. The van der Waals surface area contributed by atoms with E-state index in [1.165, 1.54) is 24.3 Å². The van der Waals surface area contributed by atoms with Gasteiger partial charge in [-0.05, 0) is 21.9 Å². The molecule has 3 aromatic carbocycles.